The second-order valence-electron chi connectivity index (χ2n) is 8.18. The number of fused-ring (bicyclic) bond motifs is 1. The summed E-state index contributed by atoms with van der Waals surface area (Å²) in [5, 5.41) is 11.5. The summed E-state index contributed by atoms with van der Waals surface area (Å²) in [4.78, 5) is 17.2. The van der Waals surface area contributed by atoms with Gasteiger partial charge in [0.25, 0.3) is 11.9 Å². The van der Waals surface area contributed by atoms with E-state index in [9.17, 15) is 4.79 Å². The number of para-hydroxylation sites is 1. The second kappa shape index (κ2) is 10.0. The minimum absolute atomic E-state index is 0.0440. The number of carbonyl (C=O) groups excluding carboxylic acids is 1. The zero-order valence-corrected chi connectivity index (χ0v) is 19.8. The molecule has 0 unspecified atom stereocenters. The number of ether oxygens (including phenoxy) is 1. The van der Waals surface area contributed by atoms with E-state index in [-0.39, 0.29) is 23.9 Å². The van der Waals surface area contributed by atoms with Crippen molar-refractivity contribution in [3.63, 3.8) is 0 Å². The summed E-state index contributed by atoms with van der Waals surface area (Å²) in [7, 11) is 1.60. The number of anilines is 2. The number of carbonyl (C=O) groups is 1. The van der Waals surface area contributed by atoms with Gasteiger partial charge in [0, 0.05) is 16.7 Å². The van der Waals surface area contributed by atoms with Gasteiger partial charge in [0.2, 0.25) is 5.95 Å². The van der Waals surface area contributed by atoms with Gasteiger partial charge in [-0.1, -0.05) is 72.3 Å². The Morgan fingerprint density at radius 1 is 1.06 bits per heavy atom. The molecule has 2 heterocycles. The molecule has 5 rings (SSSR count). The highest BCUT2D eigenvalue weighted by atomic mass is 35.5. The minimum Gasteiger partial charge on any atom is -0.496 e. The lowest BCUT2D eigenvalue weighted by Gasteiger charge is -2.31. The molecule has 1 amide bonds. The SMILES string of the molecule is COc1ccccc1/C=C/C(=O)Nc1nc2n(n1)[C@@H](c1ccc(Cl)cc1)C[C@@H](c1ccccc1)N2. The summed E-state index contributed by atoms with van der Waals surface area (Å²) in [6.07, 6.45) is 3.90. The van der Waals surface area contributed by atoms with E-state index >= 15 is 0 Å². The second-order valence-corrected chi connectivity index (χ2v) is 8.62. The predicted molar refractivity (Wildman–Crippen MR) is 138 cm³/mol. The minimum atomic E-state index is -0.332. The van der Waals surface area contributed by atoms with Crippen LogP contribution in [0.5, 0.6) is 5.75 Å². The highest BCUT2D eigenvalue weighted by Crippen LogP contribution is 2.38. The summed E-state index contributed by atoms with van der Waals surface area (Å²) in [5.41, 5.74) is 3.03. The number of benzene rings is 3. The van der Waals surface area contributed by atoms with Crippen molar-refractivity contribution in [2.75, 3.05) is 17.7 Å². The number of aromatic nitrogens is 3. The fourth-order valence-corrected chi connectivity index (χ4v) is 4.34. The van der Waals surface area contributed by atoms with Crippen LogP contribution in [0.3, 0.4) is 0 Å². The molecule has 176 valence electrons. The van der Waals surface area contributed by atoms with Crippen LogP contribution in [-0.4, -0.2) is 27.8 Å². The van der Waals surface area contributed by atoms with Gasteiger partial charge in [-0.3, -0.25) is 10.1 Å². The van der Waals surface area contributed by atoms with E-state index in [0.29, 0.717) is 16.7 Å². The number of hydrogen-bond donors (Lipinski definition) is 2. The van der Waals surface area contributed by atoms with Crippen molar-refractivity contribution in [2.24, 2.45) is 0 Å². The molecule has 0 radical (unpaired) electrons. The van der Waals surface area contributed by atoms with Crippen molar-refractivity contribution in [1.82, 2.24) is 14.8 Å². The molecule has 1 aliphatic heterocycles. The van der Waals surface area contributed by atoms with Crippen molar-refractivity contribution in [2.45, 2.75) is 18.5 Å². The standard InChI is InChI=1S/C27H24ClN5O2/c1-35-24-10-6-5-9-20(24)13-16-25(34)30-26-31-27-29-22(18-7-3-2-4-8-18)17-23(33(27)32-26)19-11-14-21(28)15-12-19/h2-16,22-23H,17H2,1H3,(H2,29,30,31,32,34)/b16-13+/t22-,23+/m0/s1. The van der Waals surface area contributed by atoms with Gasteiger partial charge in [-0.05, 0) is 41.8 Å². The van der Waals surface area contributed by atoms with Crippen LogP contribution in [0, 0.1) is 0 Å². The molecule has 3 aromatic carbocycles. The number of rotatable bonds is 6. The third-order valence-electron chi connectivity index (χ3n) is 5.93. The van der Waals surface area contributed by atoms with Crippen LogP contribution < -0.4 is 15.4 Å². The van der Waals surface area contributed by atoms with Crippen molar-refractivity contribution < 1.29 is 9.53 Å². The maximum Gasteiger partial charge on any atom is 0.250 e. The molecule has 1 aromatic heterocycles. The Morgan fingerprint density at radius 3 is 2.57 bits per heavy atom. The highest BCUT2D eigenvalue weighted by molar-refractivity contribution is 6.30. The monoisotopic (exact) mass is 485 g/mol. The first kappa shape index (κ1) is 22.7. The first-order chi connectivity index (χ1) is 17.1. The number of halogens is 1. The average Bonchev–Trinajstić information content (AvgIpc) is 3.30. The fourth-order valence-electron chi connectivity index (χ4n) is 4.22. The first-order valence-electron chi connectivity index (χ1n) is 11.3. The lowest BCUT2D eigenvalue weighted by atomic mass is 9.93. The van der Waals surface area contributed by atoms with Gasteiger partial charge in [0.15, 0.2) is 0 Å². The summed E-state index contributed by atoms with van der Waals surface area (Å²) < 4.78 is 7.15. The number of methoxy groups -OCH3 is 1. The summed E-state index contributed by atoms with van der Waals surface area (Å²) in [5.74, 6) is 1.18. The molecule has 4 aromatic rings. The molecular weight excluding hydrogens is 462 g/mol. The number of nitrogens with zero attached hydrogens (tertiary/aromatic N) is 3. The van der Waals surface area contributed by atoms with E-state index in [1.807, 2.05) is 71.4 Å². The normalized spacial score (nSPS) is 17.0. The average molecular weight is 486 g/mol. The van der Waals surface area contributed by atoms with Gasteiger partial charge in [-0.25, -0.2) is 4.68 Å². The molecule has 0 saturated heterocycles. The number of hydrogen-bond acceptors (Lipinski definition) is 5. The van der Waals surface area contributed by atoms with E-state index in [1.165, 1.54) is 6.08 Å². The Bertz CT molecular complexity index is 1350. The molecule has 8 heteroatoms. The van der Waals surface area contributed by atoms with Crippen LogP contribution in [-0.2, 0) is 4.79 Å². The highest BCUT2D eigenvalue weighted by Gasteiger charge is 2.31. The van der Waals surface area contributed by atoms with Gasteiger partial charge in [0.1, 0.15) is 5.75 Å². The Morgan fingerprint density at radius 2 is 1.80 bits per heavy atom. The smallest absolute Gasteiger partial charge is 0.250 e. The molecule has 2 N–H and O–H groups in total. The van der Waals surface area contributed by atoms with Crippen molar-refractivity contribution >= 4 is 35.5 Å². The van der Waals surface area contributed by atoms with Gasteiger partial charge >= 0.3 is 0 Å². The molecule has 0 spiro atoms. The van der Waals surface area contributed by atoms with Crippen LogP contribution in [0.1, 0.15) is 35.2 Å². The van der Waals surface area contributed by atoms with E-state index in [2.05, 4.69) is 32.8 Å². The topological polar surface area (TPSA) is 81.1 Å². The molecule has 0 saturated carbocycles. The summed E-state index contributed by atoms with van der Waals surface area (Å²) >= 11 is 6.12. The van der Waals surface area contributed by atoms with Crippen LogP contribution in [0.2, 0.25) is 5.02 Å². The largest absolute Gasteiger partial charge is 0.496 e. The maximum atomic E-state index is 12.6. The molecule has 0 bridgehead atoms. The number of amides is 1. The molecule has 7 nitrogen and oxygen atoms in total. The Hall–Kier alpha value is -4.10. The quantitative estimate of drug-likeness (QED) is 0.340. The molecular formula is C27H24ClN5O2. The Kier molecular flexibility index (Phi) is 6.50. The Balaban J connectivity index is 1.41. The molecule has 0 aliphatic carbocycles. The van der Waals surface area contributed by atoms with Crippen LogP contribution in [0.25, 0.3) is 6.08 Å². The molecule has 35 heavy (non-hydrogen) atoms. The van der Waals surface area contributed by atoms with Crippen LogP contribution in [0.15, 0.2) is 84.9 Å². The molecule has 2 atom stereocenters. The van der Waals surface area contributed by atoms with Crippen molar-refractivity contribution in [3.05, 3.63) is 107 Å². The van der Waals surface area contributed by atoms with Gasteiger partial charge in [-0.15, -0.1) is 5.10 Å². The lowest BCUT2D eigenvalue weighted by molar-refractivity contribution is -0.111. The number of nitrogens with one attached hydrogen (secondary N) is 2. The van der Waals surface area contributed by atoms with Gasteiger partial charge in [-0.2, -0.15) is 4.98 Å². The third kappa shape index (κ3) is 5.05. The van der Waals surface area contributed by atoms with Gasteiger partial charge < -0.3 is 10.1 Å². The van der Waals surface area contributed by atoms with Crippen LogP contribution in [0.4, 0.5) is 11.9 Å². The maximum absolute atomic E-state index is 12.6. The zero-order chi connectivity index (χ0) is 24.2. The van der Waals surface area contributed by atoms with Crippen molar-refractivity contribution in [3.8, 4) is 5.75 Å². The first-order valence-corrected chi connectivity index (χ1v) is 11.6. The molecule has 0 fully saturated rings. The Labute approximate surface area is 208 Å². The van der Waals surface area contributed by atoms with E-state index in [0.717, 1.165) is 23.1 Å². The van der Waals surface area contributed by atoms with E-state index in [1.54, 1.807) is 13.2 Å². The fraction of sp³-hybridized carbons (Fsp3) is 0.148. The zero-order valence-electron chi connectivity index (χ0n) is 19.1. The third-order valence-corrected chi connectivity index (χ3v) is 6.19. The van der Waals surface area contributed by atoms with E-state index < -0.39 is 0 Å². The predicted octanol–water partition coefficient (Wildman–Crippen LogP) is 5.74. The summed E-state index contributed by atoms with van der Waals surface area (Å²) in [6, 6.07) is 25.4. The van der Waals surface area contributed by atoms with Gasteiger partial charge in [0.05, 0.1) is 19.2 Å². The van der Waals surface area contributed by atoms with Crippen LogP contribution >= 0.6 is 11.6 Å². The molecule has 1 aliphatic rings. The van der Waals surface area contributed by atoms with Crippen molar-refractivity contribution in [1.29, 1.82) is 0 Å². The summed E-state index contributed by atoms with van der Waals surface area (Å²) in [6.45, 7) is 0. The van der Waals surface area contributed by atoms with E-state index in [4.69, 9.17) is 16.3 Å². The lowest BCUT2D eigenvalue weighted by Crippen LogP contribution is -2.28.